The highest BCUT2D eigenvalue weighted by Crippen LogP contribution is 2.42. The minimum Gasteiger partial charge on any atom is -0.339 e. The van der Waals surface area contributed by atoms with Crippen LogP contribution in [0.25, 0.3) is 33.4 Å². The lowest BCUT2D eigenvalue weighted by Crippen LogP contribution is -2.08. The summed E-state index contributed by atoms with van der Waals surface area (Å²) >= 11 is 8.15. The van der Waals surface area contributed by atoms with Gasteiger partial charge in [-0.05, 0) is 54.0 Å². The Bertz CT molecular complexity index is 1280. The van der Waals surface area contributed by atoms with Gasteiger partial charge in [0.15, 0.2) is 0 Å². The molecule has 31 heavy (non-hydrogen) atoms. The van der Waals surface area contributed by atoms with Crippen molar-refractivity contribution in [2.75, 3.05) is 16.3 Å². The molecule has 0 aliphatic heterocycles. The van der Waals surface area contributed by atoms with Gasteiger partial charge in [-0.15, -0.1) is 0 Å². The Morgan fingerprint density at radius 1 is 1.16 bits per heavy atom. The maximum Gasteiger partial charge on any atom is 0.247 e. The van der Waals surface area contributed by atoms with Crippen LogP contribution in [0.5, 0.6) is 0 Å². The zero-order chi connectivity index (χ0) is 22.0. The molecule has 0 bridgehead atoms. The largest absolute Gasteiger partial charge is 0.339 e. The molecule has 0 atom stereocenters. The number of hydrogen-bond donors (Lipinski definition) is 3. The van der Waals surface area contributed by atoms with Gasteiger partial charge in [0.1, 0.15) is 5.65 Å². The number of pyridine rings is 1. The Labute approximate surface area is 190 Å². The van der Waals surface area contributed by atoms with Crippen molar-refractivity contribution in [1.29, 1.82) is 0 Å². The highest BCUT2D eigenvalue weighted by molar-refractivity contribution is 7.99. The molecule has 156 valence electrons. The number of hydrogen-bond acceptors (Lipinski definition) is 4. The van der Waals surface area contributed by atoms with Crippen LogP contribution in [0.2, 0.25) is 5.02 Å². The molecule has 0 unspecified atom stereocenters. The predicted molar refractivity (Wildman–Crippen MR) is 133 cm³/mol. The number of amides is 1. The van der Waals surface area contributed by atoms with E-state index >= 15 is 0 Å². The van der Waals surface area contributed by atoms with Crippen molar-refractivity contribution >= 4 is 51.9 Å². The molecule has 7 heteroatoms. The van der Waals surface area contributed by atoms with E-state index in [0.29, 0.717) is 10.7 Å². The average Bonchev–Trinajstić information content (AvgIpc) is 3.17. The minimum atomic E-state index is -0.254. The van der Waals surface area contributed by atoms with Gasteiger partial charge in [-0.3, -0.25) is 4.79 Å². The third-order valence-electron chi connectivity index (χ3n) is 5.01. The van der Waals surface area contributed by atoms with Gasteiger partial charge in [0.2, 0.25) is 5.91 Å². The first-order chi connectivity index (χ1) is 15.0. The fraction of sp³-hybridized carbons (Fsp3) is 0.0833. The molecular formula is C24H21ClN4OS. The van der Waals surface area contributed by atoms with E-state index in [-0.39, 0.29) is 5.91 Å². The molecule has 0 spiro atoms. The Morgan fingerprint density at radius 3 is 2.61 bits per heavy atom. The summed E-state index contributed by atoms with van der Waals surface area (Å²) in [5.41, 5.74) is 7.19. The van der Waals surface area contributed by atoms with Crippen LogP contribution >= 0.6 is 23.5 Å². The lowest BCUT2D eigenvalue weighted by Gasteiger charge is -2.12. The molecule has 2 aromatic heterocycles. The zero-order valence-electron chi connectivity index (χ0n) is 17.1. The molecule has 0 aliphatic carbocycles. The SMILES string of the molecule is C=CC(=O)Nc1cc(-c2c(-c3ccc(NSC)cc3)[nH]c3nccc(Cl)c23)ccc1C. The van der Waals surface area contributed by atoms with E-state index in [4.69, 9.17) is 11.6 Å². The van der Waals surface area contributed by atoms with Crippen LogP contribution in [0.15, 0.2) is 67.4 Å². The first-order valence-electron chi connectivity index (χ1n) is 9.62. The quantitative estimate of drug-likeness (QED) is 0.227. The van der Waals surface area contributed by atoms with E-state index in [2.05, 4.69) is 38.7 Å². The summed E-state index contributed by atoms with van der Waals surface area (Å²) in [5, 5.41) is 4.33. The average molecular weight is 449 g/mol. The third kappa shape index (κ3) is 4.17. The van der Waals surface area contributed by atoms with Crippen molar-refractivity contribution in [3.8, 4) is 22.4 Å². The standard InChI is InChI=1S/C24H21ClN4OS/c1-4-20(30)27-19-13-16(6-5-14(19)2)21-22-18(25)11-12-26-24(22)28-23(21)15-7-9-17(10-8-15)29-31-3/h4-13,29H,1H2,2-3H3,(H,26,28)(H,27,30). The third-order valence-corrected chi connectivity index (χ3v) is 5.76. The first-order valence-corrected chi connectivity index (χ1v) is 11.2. The van der Waals surface area contributed by atoms with Crippen molar-refractivity contribution in [2.24, 2.45) is 0 Å². The van der Waals surface area contributed by atoms with E-state index in [0.717, 1.165) is 44.7 Å². The number of aryl methyl sites for hydroxylation is 1. The number of aromatic amines is 1. The fourth-order valence-corrected chi connectivity index (χ4v) is 4.11. The van der Waals surface area contributed by atoms with Crippen molar-refractivity contribution in [1.82, 2.24) is 9.97 Å². The van der Waals surface area contributed by atoms with Gasteiger partial charge >= 0.3 is 0 Å². The van der Waals surface area contributed by atoms with E-state index in [9.17, 15) is 4.79 Å². The molecule has 0 saturated carbocycles. The lowest BCUT2D eigenvalue weighted by molar-refractivity contribution is -0.111. The van der Waals surface area contributed by atoms with Crippen LogP contribution in [0.1, 0.15) is 5.56 Å². The molecule has 0 aliphatic rings. The van der Waals surface area contributed by atoms with Gasteiger partial charge in [0.25, 0.3) is 0 Å². The Hall–Kier alpha value is -3.22. The van der Waals surface area contributed by atoms with Crippen LogP contribution in [-0.2, 0) is 4.79 Å². The summed E-state index contributed by atoms with van der Waals surface area (Å²) in [4.78, 5) is 19.8. The van der Waals surface area contributed by atoms with E-state index < -0.39 is 0 Å². The summed E-state index contributed by atoms with van der Waals surface area (Å²) in [5.74, 6) is -0.254. The van der Waals surface area contributed by atoms with Gasteiger partial charge in [-0.2, -0.15) is 0 Å². The van der Waals surface area contributed by atoms with Crippen molar-refractivity contribution in [3.05, 3.63) is 78.0 Å². The smallest absolute Gasteiger partial charge is 0.247 e. The number of H-pyrrole nitrogens is 1. The molecule has 2 heterocycles. The van der Waals surface area contributed by atoms with Crippen LogP contribution in [-0.4, -0.2) is 22.1 Å². The number of carbonyl (C=O) groups excluding carboxylic acids is 1. The van der Waals surface area contributed by atoms with Crippen LogP contribution < -0.4 is 10.0 Å². The highest BCUT2D eigenvalue weighted by Gasteiger charge is 2.19. The van der Waals surface area contributed by atoms with E-state index in [1.165, 1.54) is 6.08 Å². The number of rotatable bonds is 6. The maximum absolute atomic E-state index is 11.9. The molecule has 0 fully saturated rings. The van der Waals surface area contributed by atoms with Crippen molar-refractivity contribution in [2.45, 2.75) is 6.92 Å². The number of nitrogens with zero attached hydrogens (tertiary/aromatic N) is 1. The number of halogens is 1. The number of aromatic nitrogens is 2. The normalized spacial score (nSPS) is 10.8. The maximum atomic E-state index is 11.9. The Balaban J connectivity index is 1.93. The number of nitrogens with one attached hydrogen (secondary N) is 3. The molecule has 4 rings (SSSR count). The molecule has 2 aromatic carbocycles. The topological polar surface area (TPSA) is 69.8 Å². The number of anilines is 2. The number of fused-ring (bicyclic) bond motifs is 1. The van der Waals surface area contributed by atoms with Crippen LogP contribution in [0.4, 0.5) is 11.4 Å². The minimum absolute atomic E-state index is 0.254. The van der Waals surface area contributed by atoms with Gasteiger partial charge in [-0.1, -0.05) is 54.4 Å². The fourth-order valence-electron chi connectivity index (χ4n) is 3.50. The molecule has 1 amide bonds. The van der Waals surface area contributed by atoms with Crippen molar-refractivity contribution < 1.29 is 4.79 Å². The second-order valence-corrected chi connectivity index (χ2v) is 8.02. The summed E-state index contributed by atoms with van der Waals surface area (Å²) in [6.45, 7) is 5.48. The zero-order valence-corrected chi connectivity index (χ0v) is 18.7. The monoisotopic (exact) mass is 448 g/mol. The number of carbonyl (C=O) groups is 1. The Morgan fingerprint density at radius 2 is 1.90 bits per heavy atom. The van der Waals surface area contributed by atoms with Gasteiger partial charge < -0.3 is 15.0 Å². The second-order valence-electron chi connectivity index (χ2n) is 7.00. The molecule has 5 nitrogen and oxygen atoms in total. The summed E-state index contributed by atoms with van der Waals surface area (Å²) in [7, 11) is 0. The molecular weight excluding hydrogens is 428 g/mol. The van der Waals surface area contributed by atoms with Gasteiger partial charge in [0, 0.05) is 34.8 Å². The van der Waals surface area contributed by atoms with Gasteiger partial charge in [-0.25, -0.2) is 4.98 Å². The van der Waals surface area contributed by atoms with Crippen LogP contribution in [0.3, 0.4) is 0 Å². The Kier molecular flexibility index (Phi) is 6.02. The highest BCUT2D eigenvalue weighted by atomic mass is 35.5. The predicted octanol–water partition coefficient (Wildman–Crippen LogP) is 6.67. The first kappa shape index (κ1) is 21.0. The van der Waals surface area contributed by atoms with E-state index in [1.807, 2.05) is 43.5 Å². The summed E-state index contributed by atoms with van der Waals surface area (Å²) < 4.78 is 3.23. The van der Waals surface area contributed by atoms with Gasteiger partial charge in [0.05, 0.1) is 10.7 Å². The lowest BCUT2D eigenvalue weighted by atomic mass is 9.97. The summed E-state index contributed by atoms with van der Waals surface area (Å²) in [6.07, 6.45) is 4.93. The van der Waals surface area contributed by atoms with Crippen molar-refractivity contribution in [3.63, 3.8) is 0 Å². The molecule has 4 aromatic rings. The second kappa shape index (κ2) is 8.88. The molecule has 3 N–H and O–H groups in total. The van der Waals surface area contributed by atoms with Crippen LogP contribution in [0, 0.1) is 6.92 Å². The van der Waals surface area contributed by atoms with E-state index in [1.54, 1.807) is 24.2 Å². The molecule has 0 saturated heterocycles. The summed E-state index contributed by atoms with van der Waals surface area (Å²) in [6, 6.07) is 15.9. The molecule has 0 radical (unpaired) electrons. The number of benzene rings is 2.